The summed E-state index contributed by atoms with van der Waals surface area (Å²) in [4.78, 5) is 22.9. The molecule has 0 saturated heterocycles. The molecule has 1 N–H and O–H groups in total. The van der Waals surface area contributed by atoms with Gasteiger partial charge in [-0.05, 0) is 61.5 Å². The van der Waals surface area contributed by atoms with Crippen molar-refractivity contribution in [2.75, 3.05) is 0 Å². The molecule has 0 aromatic carbocycles. The van der Waals surface area contributed by atoms with Gasteiger partial charge in [-0.25, -0.2) is 0 Å². The van der Waals surface area contributed by atoms with Gasteiger partial charge in [0, 0.05) is 0 Å². The smallest absolute Gasteiger partial charge is 0.545 e. The molecular weight excluding hydrogens is 306 g/mol. The number of carboxylic acid groups (broad SMARTS) is 2. The van der Waals surface area contributed by atoms with Crippen LogP contribution in [0.15, 0.2) is 11.1 Å². The summed E-state index contributed by atoms with van der Waals surface area (Å²) in [7, 11) is 0. The van der Waals surface area contributed by atoms with E-state index in [1.807, 2.05) is 0 Å². The molecule has 0 heterocycles. The number of aliphatic hydroxyl groups excluding tert-OH is 1. The number of rotatable bonds is 4. The molecule has 2 aliphatic rings. The van der Waals surface area contributed by atoms with Gasteiger partial charge in [-0.2, -0.15) is 0 Å². The van der Waals surface area contributed by atoms with E-state index in [-0.39, 0.29) is 82.1 Å². The minimum atomic E-state index is -1.39. The van der Waals surface area contributed by atoms with Gasteiger partial charge in [-0.15, -0.1) is 0 Å². The van der Waals surface area contributed by atoms with Crippen LogP contribution in [0.2, 0.25) is 0 Å². The van der Waals surface area contributed by atoms with Crippen molar-refractivity contribution in [3.8, 4) is 0 Å². The van der Waals surface area contributed by atoms with E-state index in [0.717, 1.165) is 12.8 Å². The summed E-state index contributed by atoms with van der Waals surface area (Å²) < 4.78 is 0. The number of carboxylic acids is 2. The predicted molar refractivity (Wildman–Crippen MR) is 67.0 cm³/mol. The zero-order chi connectivity index (χ0) is 14.7. The van der Waals surface area contributed by atoms with Crippen LogP contribution in [0.1, 0.15) is 51.4 Å². The van der Waals surface area contributed by atoms with Gasteiger partial charge in [-0.1, -0.05) is 12.8 Å². The predicted octanol–water partition coefficient (Wildman–Crippen LogP) is -6.47. The monoisotopic (exact) mass is 326 g/mol. The van der Waals surface area contributed by atoms with E-state index in [9.17, 15) is 24.9 Å². The number of hydrogen-bond donors (Lipinski definition) is 1. The van der Waals surface area contributed by atoms with Crippen molar-refractivity contribution in [3.63, 3.8) is 0 Å². The minimum Gasteiger partial charge on any atom is -0.545 e. The van der Waals surface area contributed by atoms with Gasteiger partial charge in [0.1, 0.15) is 0 Å². The Bertz CT molecular complexity index is 422. The Balaban J connectivity index is 0.00000220. The van der Waals surface area contributed by atoms with Gasteiger partial charge in [0.25, 0.3) is 0 Å². The number of carbonyl (C=O) groups is 2. The van der Waals surface area contributed by atoms with Crippen molar-refractivity contribution in [1.82, 2.24) is 0 Å². The first-order valence-corrected chi connectivity index (χ1v) is 7.35. The van der Waals surface area contributed by atoms with Crippen molar-refractivity contribution >= 4 is 11.9 Å². The summed E-state index contributed by atoms with van der Waals surface area (Å²) in [5.41, 5.74) is -0.132. The van der Waals surface area contributed by atoms with E-state index in [0.29, 0.717) is 38.5 Å². The number of hydrogen-bond acceptors (Lipinski definition) is 5. The van der Waals surface area contributed by atoms with E-state index in [1.165, 1.54) is 0 Å². The largest absolute Gasteiger partial charge is 1.00 e. The third-order valence-corrected chi connectivity index (χ3v) is 4.60. The Morgan fingerprint density at radius 3 is 1.45 bits per heavy atom. The van der Waals surface area contributed by atoms with Crippen LogP contribution in [0.25, 0.3) is 0 Å². The molecule has 0 amide bonds. The van der Waals surface area contributed by atoms with Crippen LogP contribution in [0.3, 0.4) is 0 Å². The van der Waals surface area contributed by atoms with Crippen LogP contribution in [0.5, 0.6) is 0 Å². The molecule has 2 saturated carbocycles. The maximum atomic E-state index is 11.5. The third-order valence-electron chi connectivity index (χ3n) is 4.60. The van der Waals surface area contributed by atoms with Crippen LogP contribution < -0.4 is 69.3 Å². The molecule has 0 aromatic heterocycles. The van der Waals surface area contributed by atoms with Crippen LogP contribution in [0, 0.1) is 11.8 Å². The molecule has 2 aliphatic carbocycles. The second-order valence-corrected chi connectivity index (χ2v) is 5.89. The molecule has 0 unspecified atom stereocenters. The van der Waals surface area contributed by atoms with E-state index < -0.39 is 18.0 Å². The molecule has 22 heavy (non-hydrogen) atoms. The molecule has 0 aromatic rings. The topological polar surface area (TPSA) is 100 Å². The average molecular weight is 326 g/mol. The first-order chi connectivity index (χ1) is 9.50. The van der Waals surface area contributed by atoms with E-state index in [4.69, 9.17) is 0 Å². The SMILES string of the molecule is O=C([O-])/C(=C(\C(=O)[O-])C1CCC(O)CC1)C1CCCC1.[Na+].[Na+]. The molecule has 0 aliphatic heterocycles. The standard InChI is InChI=1S/C15H22O5.2Na/c16-11-7-5-10(6-8-11)13(15(19)20)12(14(17)18)9-3-1-2-4-9;;/h9-11,16H,1-8H2,(H,17,18)(H,19,20);;/q;2*+1/p-2/b13-12-;;. The fraction of sp³-hybridized carbons (Fsp3) is 0.733. The van der Waals surface area contributed by atoms with Gasteiger partial charge in [0.2, 0.25) is 0 Å². The number of aliphatic carboxylic acids is 2. The summed E-state index contributed by atoms with van der Waals surface area (Å²) in [6, 6.07) is 0. The Morgan fingerprint density at radius 2 is 1.09 bits per heavy atom. The third kappa shape index (κ3) is 5.62. The fourth-order valence-corrected chi connectivity index (χ4v) is 3.57. The first-order valence-electron chi connectivity index (χ1n) is 7.35. The Labute approximate surface area is 175 Å². The molecule has 0 atom stereocenters. The molecule has 2 rings (SSSR count). The van der Waals surface area contributed by atoms with Crippen LogP contribution in [-0.2, 0) is 9.59 Å². The van der Waals surface area contributed by atoms with Crippen LogP contribution >= 0.6 is 0 Å². The molecule has 0 bridgehead atoms. The van der Waals surface area contributed by atoms with Crippen molar-refractivity contribution in [1.29, 1.82) is 0 Å². The van der Waals surface area contributed by atoms with Crippen LogP contribution in [0.4, 0.5) is 0 Å². The van der Waals surface area contributed by atoms with Gasteiger partial charge in [0.05, 0.1) is 18.0 Å². The molecule has 5 nitrogen and oxygen atoms in total. The first kappa shape index (κ1) is 22.6. The zero-order valence-corrected chi connectivity index (χ0v) is 17.5. The quantitative estimate of drug-likeness (QED) is 0.409. The van der Waals surface area contributed by atoms with E-state index in [1.54, 1.807) is 0 Å². The second kappa shape index (κ2) is 10.5. The minimum absolute atomic E-state index is 0. The molecule has 112 valence electrons. The second-order valence-electron chi connectivity index (χ2n) is 5.89. The normalized spacial score (nSPS) is 26.4. The van der Waals surface area contributed by atoms with Crippen LogP contribution in [-0.4, -0.2) is 23.1 Å². The number of carbonyl (C=O) groups excluding carboxylic acids is 2. The average Bonchev–Trinajstić information content (AvgIpc) is 2.89. The van der Waals surface area contributed by atoms with Crippen molar-refractivity contribution in [3.05, 3.63) is 11.1 Å². The van der Waals surface area contributed by atoms with Gasteiger partial charge < -0.3 is 24.9 Å². The molecule has 7 heteroatoms. The Kier molecular flexibility index (Phi) is 10.8. The number of aliphatic hydroxyl groups is 1. The van der Waals surface area contributed by atoms with Crippen molar-refractivity contribution in [2.24, 2.45) is 11.8 Å². The summed E-state index contributed by atoms with van der Waals surface area (Å²) >= 11 is 0. The maximum absolute atomic E-state index is 11.5. The zero-order valence-electron chi connectivity index (χ0n) is 13.5. The van der Waals surface area contributed by atoms with E-state index in [2.05, 4.69) is 0 Å². The Hall–Kier alpha value is 0.640. The van der Waals surface area contributed by atoms with E-state index >= 15 is 0 Å². The molecule has 2 fully saturated rings. The van der Waals surface area contributed by atoms with Crippen molar-refractivity contribution in [2.45, 2.75) is 57.5 Å². The Morgan fingerprint density at radius 1 is 0.727 bits per heavy atom. The maximum Gasteiger partial charge on any atom is 1.00 e. The molecular formula is C15H20Na2O5. The summed E-state index contributed by atoms with van der Waals surface area (Å²) in [6.07, 6.45) is 4.84. The summed E-state index contributed by atoms with van der Waals surface area (Å²) in [5.74, 6) is -3.32. The molecule has 0 radical (unpaired) electrons. The van der Waals surface area contributed by atoms with Gasteiger partial charge >= 0.3 is 59.1 Å². The summed E-state index contributed by atoms with van der Waals surface area (Å²) in [5, 5.41) is 32.4. The van der Waals surface area contributed by atoms with Gasteiger partial charge in [-0.3, -0.25) is 0 Å². The van der Waals surface area contributed by atoms with Crippen molar-refractivity contribution < 1.29 is 84.0 Å². The summed E-state index contributed by atoms with van der Waals surface area (Å²) in [6.45, 7) is 0. The fourth-order valence-electron chi connectivity index (χ4n) is 3.57. The van der Waals surface area contributed by atoms with Gasteiger partial charge in [0.15, 0.2) is 0 Å². The molecule has 0 spiro atoms.